The van der Waals surface area contributed by atoms with E-state index in [4.69, 9.17) is 4.74 Å². The van der Waals surface area contributed by atoms with Gasteiger partial charge in [0.2, 0.25) is 5.91 Å². The first-order valence-corrected chi connectivity index (χ1v) is 8.42. The van der Waals surface area contributed by atoms with E-state index >= 15 is 0 Å². The molecule has 0 bridgehead atoms. The zero-order chi connectivity index (χ0) is 18.0. The van der Waals surface area contributed by atoms with Crippen molar-refractivity contribution in [3.63, 3.8) is 0 Å². The van der Waals surface area contributed by atoms with Gasteiger partial charge in [-0.2, -0.15) is 13.2 Å². The van der Waals surface area contributed by atoms with Gasteiger partial charge < -0.3 is 10.1 Å². The van der Waals surface area contributed by atoms with Crippen LogP contribution in [0.5, 0.6) is 0 Å². The first-order chi connectivity index (χ1) is 11.9. The third-order valence-corrected chi connectivity index (χ3v) is 4.76. The van der Waals surface area contributed by atoms with Crippen molar-refractivity contribution in [2.24, 2.45) is 0 Å². The van der Waals surface area contributed by atoms with E-state index < -0.39 is 11.7 Å². The van der Waals surface area contributed by atoms with Crippen LogP contribution in [-0.4, -0.2) is 42.6 Å². The summed E-state index contributed by atoms with van der Waals surface area (Å²) in [5, 5.41) is 5.27. The first-order valence-electron chi connectivity index (χ1n) is 7.54. The molecule has 1 aromatic carbocycles. The zero-order valence-electron chi connectivity index (χ0n) is 13.3. The van der Waals surface area contributed by atoms with Crippen LogP contribution in [0.4, 0.5) is 13.2 Å². The fourth-order valence-corrected chi connectivity index (χ4v) is 3.43. The van der Waals surface area contributed by atoms with Gasteiger partial charge in [-0.25, -0.2) is 4.98 Å². The zero-order valence-corrected chi connectivity index (χ0v) is 14.2. The molecule has 1 aliphatic rings. The summed E-state index contributed by atoms with van der Waals surface area (Å²) in [6.45, 7) is 1.33. The topological polar surface area (TPSA) is 54.5 Å². The number of ether oxygens (including phenoxy) is 1. The number of hydrogen-bond donors (Lipinski definition) is 1. The second-order valence-electron chi connectivity index (χ2n) is 5.59. The molecule has 1 unspecified atom stereocenters. The van der Waals surface area contributed by atoms with Crippen LogP contribution in [0, 0.1) is 0 Å². The summed E-state index contributed by atoms with van der Waals surface area (Å²) in [4.78, 5) is 18.1. The molecule has 1 aliphatic heterocycles. The number of carbonyl (C=O) groups excluding carboxylic acids is 1. The molecule has 134 valence electrons. The lowest BCUT2D eigenvalue weighted by molar-refractivity contribution is -0.137. The SMILES string of the molecule is COCCN1CC(=O)NC1c1csc(-c2ccc(C(F)(F)F)cc2)n1. The van der Waals surface area contributed by atoms with Gasteiger partial charge >= 0.3 is 6.18 Å². The summed E-state index contributed by atoms with van der Waals surface area (Å²) in [6.07, 6.45) is -4.70. The van der Waals surface area contributed by atoms with E-state index in [1.54, 1.807) is 7.11 Å². The number of aromatic nitrogens is 1. The highest BCUT2D eigenvalue weighted by Crippen LogP contribution is 2.33. The smallest absolute Gasteiger partial charge is 0.383 e. The van der Waals surface area contributed by atoms with Gasteiger partial charge in [0, 0.05) is 24.6 Å². The molecular formula is C16H16F3N3O2S. The van der Waals surface area contributed by atoms with Crippen LogP contribution in [0.15, 0.2) is 29.6 Å². The van der Waals surface area contributed by atoms with Crippen LogP contribution >= 0.6 is 11.3 Å². The minimum atomic E-state index is -4.36. The molecule has 25 heavy (non-hydrogen) atoms. The number of nitrogens with zero attached hydrogens (tertiary/aromatic N) is 2. The number of thiazole rings is 1. The lowest BCUT2D eigenvalue weighted by Crippen LogP contribution is -2.30. The van der Waals surface area contributed by atoms with Crippen molar-refractivity contribution >= 4 is 17.2 Å². The van der Waals surface area contributed by atoms with Crippen molar-refractivity contribution in [1.82, 2.24) is 15.2 Å². The molecule has 1 N–H and O–H groups in total. The molecule has 0 spiro atoms. The maximum Gasteiger partial charge on any atom is 0.416 e. The Kier molecular flexibility index (Phi) is 5.07. The second-order valence-corrected chi connectivity index (χ2v) is 6.44. The van der Waals surface area contributed by atoms with E-state index in [0.717, 1.165) is 12.1 Å². The van der Waals surface area contributed by atoms with Gasteiger partial charge in [0.15, 0.2) is 0 Å². The first kappa shape index (κ1) is 17.8. The molecule has 2 heterocycles. The quantitative estimate of drug-likeness (QED) is 0.878. The number of halogens is 3. The molecule has 0 aliphatic carbocycles. The van der Waals surface area contributed by atoms with Crippen molar-refractivity contribution in [2.45, 2.75) is 12.3 Å². The number of nitrogens with one attached hydrogen (secondary N) is 1. The molecule has 1 saturated heterocycles. The van der Waals surface area contributed by atoms with E-state index in [9.17, 15) is 18.0 Å². The Hall–Kier alpha value is -1.97. The highest BCUT2D eigenvalue weighted by atomic mass is 32.1. The normalized spacial score (nSPS) is 18.6. The third kappa shape index (κ3) is 4.00. The average molecular weight is 371 g/mol. The summed E-state index contributed by atoms with van der Waals surface area (Å²) in [6, 6.07) is 4.89. The number of carbonyl (C=O) groups is 1. The van der Waals surface area contributed by atoms with Gasteiger partial charge in [-0.05, 0) is 12.1 Å². The van der Waals surface area contributed by atoms with Crippen molar-refractivity contribution in [3.8, 4) is 10.6 Å². The monoisotopic (exact) mass is 371 g/mol. The highest BCUT2D eigenvalue weighted by Gasteiger charge is 2.32. The molecular weight excluding hydrogens is 355 g/mol. The van der Waals surface area contributed by atoms with Crippen LogP contribution in [0.3, 0.4) is 0 Å². The van der Waals surface area contributed by atoms with Crippen molar-refractivity contribution < 1.29 is 22.7 Å². The summed E-state index contributed by atoms with van der Waals surface area (Å²) >= 11 is 1.33. The predicted molar refractivity (Wildman–Crippen MR) is 86.9 cm³/mol. The van der Waals surface area contributed by atoms with Crippen LogP contribution in [-0.2, 0) is 15.7 Å². The Morgan fingerprint density at radius 1 is 1.36 bits per heavy atom. The number of benzene rings is 1. The van der Waals surface area contributed by atoms with Crippen molar-refractivity contribution in [3.05, 3.63) is 40.9 Å². The molecule has 1 aromatic heterocycles. The summed E-state index contributed by atoms with van der Waals surface area (Å²) in [5.74, 6) is -0.0924. The van der Waals surface area contributed by atoms with E-state index in [2.05, 4.69) is 10.3 Å². The summed E-state index contributed by atoms with van der Waals surface area (Å²) < 4.78 is 43.0. The van der Waals surface area contributed by atoms with E-state index in [1.165, 1.54) is 23.5 Å². The molecule has 1 atom stereocenters. The minimum Gasteiger partial charge on any atom is -0.383 e. The van der Waals surface area contributed by atoms with E-state index in [0.29, 0.717) is 29.4 Å². The minimum absolute atomic E-state index is 0.0924. The van der Waals surface area contributed by atoms with Crippen LogP contribution in [0.1, 0.15) is 17.4 Å². The molecule has 9 heteroatoms. The van der Waals surface area contributed by atoms with Gasteiger partial charge in [-0.15, -0.1) is 11.3 Å². The molecule has 1 amide bonds. The molecule has 5 nitrogen and oxygen atoms in total. The number of hydrogen-bond acceptors (Lipinski definition) is 5. The molecule has 2 aromatic rings. The number of amides is 1. The second kappa shape index (κ2) is 7.11. The van der Waals surface area contributed by atoms with Crippen LogP contribution < -0.4 is 5.32 Å². The Morgan fingerprint density at radius 2 is 2.08 bits per heavy atom. The standard InChI is InChI=1S/C16H16F3N3O2S/c1-24-7-6-22-8-13(23)21-14(22)12-9-25-15(20-12)10-2-4-11(5-3-10)16(17,18)19/h2-5,9,14H,6-8H2,1H3,(H,21,23). The number of alkyl halides is 3. The highest BCUT2D eigenvalue weighted by molar-refractivity contribution is 7.13. The third-order valence-electron chi connectivity index (χ3n) is 3.85. The molecule has 1 fully saturated rings. The van der Waals surface area contributed by atoms with E-state index in [1.807, 2.05) is 10.3 Å². The fourth-order valence-electron chi connectivity index (χ4n) is 2.59. The van der Waals surface area contributed by atoms with Crippen molar-refractivity contribution in [1.29, 1.82) is 0 Å². The van der Waals surface area contributed by atoms with Gasteiger partial charge in [0.05, 0.1) is 24.4 Å². The Bertz CT molecular complexity index is 746. The van der Waals surface area contributed by atoms with Gasteiger partial charge in [-0.3, -0.25) is 9.69 Å². The lowest BCUT2D eigenvalue weighted by atomic mass is 10.1. The summed E-state index contributed by atoms with van der Waals surface area (Å²) in [7, 11) is 1.59. The molecule has 0 saturated carbocycles. The fraction of sp³-hybridized carbons (Fsp3) is 0.375. The number of rotatable bonds is 5. The average Bonchev–Trinajstić information content (AvgIpc) is 3.18. The maximum absolute atomic E-state index is 12.6. The predicted octanol–water partition coefficient (Wildman–Crippen LogP) is 2.91. The number of methoxy groups -OCH3 is 1. The van der Waals surface area contributed by atoms with E-state index in [-0.39, 0.29) is 18.6 Å². The van der Waals surface area contributed by atoms with Gasteiger partial charge in [0.1, 0.15) is 11.2 Å². The molecule has 3 rings (SSSR count). The molecule has 0 radical (unpaired) electrons. The van der Waals surface area contributed by atoms with Gasteiger partial charge in [0.25, 0.3) is 0 Å². The Labute approximate surface area is 146 Å². The largest absolute Gasteiger partial charge is 0.416 e. The maximum atomic E-state index is 12.6. The van der Waals surface area contributed by atoms with Crippen LogP contribution in [0.25, 0.3) is 10.6 Å². The van der Waals surface area contributed by atoms with Crippen LogP contribution in [0.2, 0.25) is 0 Å². The van der Waals surface area contributed by atoms with Crippen molar-refractivity contribution in [2.75, 3.05) is 26.8 Å². The summed E-state index contributed by atoms with van der Waals surface area (Å²) in [5.41, 5.74) is 0.584. The lowest BCUT2D eigenvalue weighted by Gasteiger charge is -2.20. The Balaban J connectivity index is 1.78. The Morgan fingerprint density at radius 3 is 2.72 bits per heavy atom. The van der Waals surface area contributed by atoms with Gasteiger partial charge in [-0.1, -0.05) is 12.1 Å².